The SMILES string of the molecule is N#CCCN1CCSCC1. The van der Waals surface area contributed by atoms with Gasteiger partial charge in [0.1, 0.15) is 0 Å². The van der Waals surface area contributed by atoms with Gasteiger partial charge in [-0.05, 0) is 0 Å². The van der Waals surface area contributed by atoms with Crippen LogP contribution in [0.3, 0.4) is 0 Å². The Morgan fingerprint density at radius 3 is 2.70 bits per heavy atom. The van der Waals surface area contributed by atoms with Crippen molar-refractivity contribution in [2.45, 2.75) is 6.42 Å². The Hall–Kier alpha value is -0.200. The van der Waals surface area contributed by atoms with E-state index >= 15 is 0 Å². The molecule has 1 aliphatic rings. The van der Waals surface area contributed by atoms with Crippen LogP contribution < -0.4 is 0 Å². The van der Waals surface area contributed by atoms with Gasteiger partial charge in [0.2, 0.25) is 0 Å². The van der Waals surface area contributed by atoms with E-state index in [4.69, 9.17) is 5.26 Å². The molecule has 0 radical (unpaired) electrons. The smallest absolute Gasteiger partial charge is 0.0635 e. The lowest BCUT2D eigenvalue weighted by Gasteiger charge is -2.24. The summed E-state index contributed by atoms with van der Waals surface area (Å²) in [5, 5.41) is 8.32. The average Bonchev–Trinajstić information content (AvgIpc) is 2.03. The van der Waals surface area contributed by atoms with Crippen molar-refractivity contribution >= 4 is 11.8 Å². The summed E-state index contributed by atoms with van der Waals surface area (Å²) in [6, 6.07) is 2.17. The summed E-state index contributed by atoms with van der Waals surface area (Å²) >= 11 is 2.01. The maximum absolute atomic E-state index is 8.32. The number of hydrogen-bond donors (Lipinski definition) is 0. The Bertz CT molecular complexity index is 124. The first-order valence-electron chi connectivity index (χ1n) is 3.60. The molecule has 10 heavy (non-hydrogen) atoms. The van der Waals surface area contributed by atoms with Gasteiger partial charge in [0.25, 0.3) is 0 Å². The number of thioether (sulfide) groups is 1. The van der Waals surface area contributed by atoms with Gasteiger partial charge in [0.15, 0.2) is 0 Å². The van der Waals surface area contributed by atoms with Gasteiger partial charge in [-0.25, -0.2) is 0 Å². The van der Waals surface area contributed by atoms with Crippen molar-refractivity contribution < 1.29 is 0 Å². The van der Waals surface area contributed by atoms with Gasteiger partial charge in [-0.1, -0.05) is 0 Å². The summed E-state index contributed by atoms with van der Waals surface area (Å²) in [7, 11) is 0. The predicted molar refractivity (Wildman–Crippen MR) is 44.0 cm³/mol. The Kier molecular flexibility index (Phi) is 3.63. The quantitative estimate of drug-likeness (QED) is 0.595. The molecule has 0 spiro atoms. The van der Waals surface area contributed by atoms with Gasteiger partial charge in [0, 0.05) is 37.6 Å². The monoisotopic (exact) mass is 156 g/mol. The molecule has 0 aromatic carbocycles. The molecule has 1 fully saturated rings. The molecule has 0 N–H and O–H groups in total. The van der Waals surface area contributed by atoms with Crippen LogP contribution in [0.1, 0.15) is 6.42 Å². The molecule has 0 unspecified atom stereocenters. The normalized spacial score (nSPS) is 20.3. The van der Waals surface area contributed by atoms with Crippen molar-refractivity contribution in [3.05, 3.63) is 0 Å². The van der Waals surface area contributed by atoms with Crippen LogP contribution >= 0.6 is 11.8 Å². The number of hydrogen-bond acceptors (Lipinski definition) is 3. The highest BCUT2D eigenvalue weighted by Crippen LogP contribution is 2.08. The fourth-order valence-electron chi connectivity index (χ4n) is 1.03. The van der Waals surface area contributed by atoms with E-state index in [1.165, 1.54) is 24.6 Å². The van der Waals surface area contributed by atoms with Crippen molar-refractivity contribution in [1.82, 2.24) is 4.90 Å². The lowest BCUT2D eigenvalue weighted by atomic mass is 10.4. The molecule has 0 bridgehead atoms. The molecule has 1 saturated heterocycles. The van der Waals surface area contributed by atoms with Gasteiger partial charge in [-0.15, -0.1) is 0 Å². The van der Waals surface area contributed by atoms with Gasteiger partial charge < -0.3 is 4.90 Å². The third-order valence-corrected chi connectivity index (χ3v) is 2.59. The number of nitriles is 1. The summed E-state index contributed by atoms with van der Waals surface area (Å²) in [4.78, 5) is 2.36. The first kappa shape index (κ1) is 7.90. The minimum Gasteiger partial charge on any atom is -0.301 e. The molecule has 0 atom stereocenters. The van der Waals surface area contributed by atoms with E-state index in [1.54, 1.807) is 0 Å². The van der Waals surface area contributed by atoms with Gasteiger partial charge in [0.05, 0.1) is 6.07 Å². The summed E-state index contributed by atoms with van der Waals surface area (Å²) in [6.45, 7) is 3.32. The van der Waals surface area contributed by atoms with Gasteiger partial charge in [-0.3, -0.25) is 0 Å². The first-order valence-corrected chi connectivity index (χ1v) is 4.76. The van der Waals surface area contributed by atoms with E-state index in [0.29, 0.717) is 6.42 Å². The lowest BCUT2D eigenvalue weighted by molar-refractivity contribution is 0.310. The lowest BCUT2D eigenvalue weighted by Crippen LogP contribution is -2.33. The highest BCUT2D eigenvalue weighted by Gasteiger charge is 2.08. The zero-order valence-corrected chi connectivity index (χ0v) is 6.86. The number of nitrogens with zero attached hydrogens (tertiary/aromatic N) is 2. The van der Waals surface area contributed by atoms with Crippen LogP contribution in [0.5, 0.6) is 0 Å². The molecule has 0 aliphatic carbocycles. The van der Waals surface area contributed by atoms with Crippen molar-refractivity contribution in [2.75, 3.05) is 31.1 Å². The highest BCUT2D eigenvalue weighted by molar-refractivity contribution is 7.99. The van der Waals surface area contributed by atoms with Crippen LogP contribution in [-0.4, -0.2) is 36.0 Å². The minimum atomic E-state index is 0.685. The van der Waals surface area contributed by atoms with Crippen LogP contribution in [0.4, 0.5) is 0 Å². The first-order chi connectivity index (χ1) is 4.93. The molecular weight excluding hydrogens is 144 g/mol. The van der Waals surface area contributed by atoms with Crippen LogP contribution in [0.25, 0.3) is 0 Å². The topological polar surface area (TPSA) is 27.0 Å². The minimum absolute atomic E-state index is 0.685. The molecule has 0 aromatic heterocycles. The molecule has 1 heterocycles. The molecule has 0 saturated carbocycles. The molecule has 56 valence electrons. The zero-order chi connectivity index (χ0) is 7.23. The zero-order valence-electron chi connectivity index (χ0n) is 6.05. The van der Waals surface area contributed by atoms with Crippen molar-refractivity contribution in [1.29, 1.82) is 5.26 Å². The van der Waals surface area contributed by atoms with E-state index in [2.05, 4.69) is 11.0 Å². The Morgan fingerprint density at radius 2 is 2.10 bits per heavy atom. The van der Waals surface area contributed by atoms with Crippen LogP contribution in [-0.2, 0) is 0 Å². The summed E-state index contributed by atoms with van der Waals surface area (Å²) < 4.78 is 0. The van der Waals surface area contributed by atoms with Crippen molar-refractivity contribution in [2.24, 2.45) is 0 Å². The third kappa shape index (κ3) is 2.59. The predicted octanol–water partition coefficient (Wildman–Crippen LogP) is 0.949. The van der Waals surface area contributed by atoms with E-state index in [9.17, 15) is 0 Å². The van der Waals surface area contributed by atoms with E-state index < -0.39 is 0 Å². The fraction of sp³-hybridized carbons (Fsp3) is 0.857. The Morgan fingerprint density at radius 1 is 1.40 bits per heavy atom. The molecule has 3 heteroatoms. The molecule has 1 rings (SSSR count). The van der Waals surface area contributed by atoms with E-state index in [0.717, 1.165) is 6.54 Å². The molecule has 1 aliphatic heterocycles. The molecular formula is C7H12N2S. The summed E-state index contributed by atoms with van der Waals surface area (Å²) in [5.74, 6) is 2.48. The van der Waals surface area contributed by atoms with Crippen molar-refractivity contribution in [3.8, 4) is 6.07 Å². The van der Waals surface area contributed by atoms with Gasteiger partial charge >= 0.3 is 0 Å². The van der Waals surface area contributed by atoms with Crippen LogP contribution in [0.15, 0.2) is 0 Å². The molecule has 2 nitrogen and oxygen atoms in total. The summed E-state index contributed by atoms with van der Waals surface area (Å²) in [5.41, 5.74) is 0. The largest absolute Gasteiger partial charge is 0.301 e. The molecule has 0 amide bonds. The van der Waals surface area contributed by atoms with E-state index in [-0.39, 0.29) is 0 Å². The highest BCUT2D eigenvalue weighted by atomic mass is 32.2. The van der Waals surface area contributed by atoms with Gasteiger partial charge in [-0.2, -0.15) is 17.0 Å². The second-order valence-corrected chi connectivity index (χ2v) is 3.59. The fourth-order valence-corrected chi connectivity index (χ4v) is 2.01. The third-order valence-electron chi connectivity index (χ3n) is 1.64. The average molecular weight is 156 g/mol. The summed E-state index contributed by atoms with van der Waals surface area (Å²) in [6.07, 6.45) is 0.685. The molecule has 0 aromatic rings. The Balaban J connectivity index is 2.09. The maximum Gasteiger partial charge on any atom is 0.0635 e. The number of rotatable bonds is 2. The second-order valence-electron chi connectivity index (χ2n) is 2.36. The van der Waals surface area contributed by atoms with Crippen LogP contribution in [0.2, 0.25) is 0 Å². The maximum atomic E-state index is 8.32. The van der Waals surface area contributed by atoms with Crippen LogP contribution in [0, 0.1) is 11.3 Å². The van der Waals surface area contributed by atoms with E-state index in [1.807, 2.05) is 11.8 Å². The van der Waals surface area contributed by atoms with Crippen molar-refractivity contribution in [3.63, 3.8) is 0 Å². The standard InChI is InChI=1S/C7H12N2S/c8-2-1-3-9-4-6-10-7-5-9/h1,3-7H2. The second kappa shape index (κ2) is 4.59. The Labute approximate surface area is 66.2 Å².